The van der Waals surface area contributed by atoms with Gasteiger partial charge in [-0.3, -0.25) is 4.79 Å². The number of carbonyl (C=O) groups excluding carboxylic acids is 1. The highest BCUT2D eigenvalue weighted by molar-refractivity contribution is 9.10. The number of rotatable bonds is 8. The molecule has 0 heterocycles. The zero-order valence-electron chi connectivity index (χ0n) is 11.8. The summed E-state index contributed by atoms with van der Waals surface area (Å²) in [7, 11) is 0. The third-order valence-corrected chi connectivity index (χ3v) is 4.15. The predicted molar refractivity (Wildman–Crippen MR) is 89.1 cm³/mol. The monoisotopic (exact) mass is 360 g/mol. The molecule has 3 nitrogen and oxygen atoms in total. The standard InChI is InChI=1S/C15H22BrClN2O/c1-2-3-11(8-9-18)4-7-15(20)19-14-6-5-12(17)10-13(14)16/h5-6,10-11H,2-4,7-9,18H2,1H3,(H,19,20). The molecule has 1 aromatic rings. The van der Waals surface area contributed by atoms with Crippen LogP contribution < -0.4 is 11.1 Å². The molecule has 0 aliphatic heterocycles. The molecule has 5 heteroatoms. The van der Waals surface area contributed by atoms with Gasteiger partial charge in [0.1, 0.15) is 0 Å². The largest absolute Gasteiger partial charge is 0.330 e. The molecule has 0 radical (unpaired) electrons. The Hall–Kier alpha value is -0.580. The molecule has 1 aromatic carbocycles. The third kappa shape index (κ3) is 6.25. The first-order valence-corrected chi connectivity index (χ1v) is 8.18. The van der Waals surface area contributed by atoms with Gasteiger partial charge in [-0.05, 0) is 59.4 Å². The van der Waals surface area contributed by atoms with E-state index in [1.807, 2.05) is 0 Å². The average Bonchev–Trinajstić information content (AvgIpc) is 2.40. The Morgan fingerprint density at radius 1 is 1.40 bits per heavy atom. The van der Waals surface area contributed by atoms with Gasteiger partial charge in [0.2, 0.25) is 5.91 Å². The van der Waals surface area contributed by atoms with Crippen LogP contribution in [0.5, 0.6) is 0 Å². The highest BCUT2D eigenvalue weighted by Gasteiger charge is 2.11. The molecule has 0 saturated heterocycles. The molecule has 0 aliphatic carbocycles. The number of nitrogens with two attached hydrogens (primary N) is 1. The van der Waals surface area contributed by atoms with Crippen LogP contribution in [0, 0.1) is 5.92 Å². The summed E-state index contributed by atoms with van der Waals surface area (Å²) in [6.07, 6.45) is 4.68. The van der Waals surface area contributed by atoms with Crippen molar-refractivity contribution in [1.82, 2.24) is 0 Å². The van der Waals surface area contributed by atoms with Crippen molar-refractivity contribution in [2.45, 2.75) is 39.0 Å². The van der Waals surface area contributed by atoms with E-state index in [9.17, 15) is 4.79 Å². The van der Waals surface area contributed by atoms with Gasteiger partial charge in [0.15, 0.2) is 0 Å². The van der Waals surface area contributed by atoms with Crippen LogP contribution in [-0.2, 0) is 4.79 Å². The maximum Gasteiger partial charge on any atom is 0.224 e. The zero-order valence-corrected chi connectivity index (χ0v) is 14.1. The molecule has 0 bridgehead atoms. The van der Waals surface area contributed by atoms with Crippen molar-refractivity contribution in [3.8, 4) is 0 Å². The summed E-state index contributed by atoms with van der Waals surface area (Å²) >= 11 is 9.26. The SMILES string of the molecule is CCCC(CCN)CCC(=O)Nc1ccc(Cl)cc1Br. The van der Waals surface area contributed by atoms with Crippen molar-refractivity contribution in [3.05, 3.63) is 27.7 Å². The Bertz CT molecular complexity index is 434. The van der Waals surface area contributed by atoms with Gasteiger partial charge in [-0.15, -0.1) is 0 Å². The lowest BCUT2D eigenvalue weighted by Crippen LogP contribution is -2.15. The number of hydrogen-bond donors (Lipinski definition) is 2. The molecule has 1 atom stereocenters. The Balaban J connectivity index is 2.46. The van der Waals surface area contributed by atoms with Crippen LogP contribution in [0.4, 0.5) is 5.69 Å². The summed E-state index contributed by atoms with van der Waals surface area (Å²) in [4.78, 5) is 12.0. The lowest BCUT2D eigenvalue weighted by atomic mass is 9.94. The fourth-order valence-corrected chi connectivity index (χ4v) is 3.00. The Morgan fingerprint density at radius 3 is 2.75 bits per heavy atom. The van der Waals surface area contributed by atoms with Gasteiger partial charge in [0.25, 0.3) is 0 Å². The van der Waals surface area contributed by atoms with Crippen molar-refractivity contribution in [3.63, 3.8) is 0 Å². The molecule has 0 saturated carbocycles. The molecule has 0 aromatic heterocycles. The predicted octanol–water partition coefficient (Wildman–Crippen LogP) is 4.59. The van der Waals surface area contributed by atoms with E-state index in [4.69, 9.17) is 17.3 Å². The Labute approximate surface area is 134 Å². The minimum Gasteiger partial charge on any atom is -0.330 e. The molecule has 0 fully saturated rings. The fourth-order valence-electron chi connectivity index (χ4n) is 2.22. The summed E-state index contributed by atoms with van der Waals surface area (Å²) in [5.74, 6) is 0.579. The van der Waals surface area contributed by atoms with E-state index in [2.05, 4.69) is 28.2 Å². The fraction of sp³-hybridized carbons (Fsp3) is 0.533. The van der Waals surface area contributed by atoms with Crippen molar-refractivity contribution in [2.24, 2.45) is 11.7 Å². The lowest BCUT2D eigenvalue weighted by Gasteiger charge is -2.15. The van der Waals surface area contributed by atoms with Gasteiger partial charge < -0.3 is 11.1 Å². The Kier molecular flexibility index (Phi) is 8.19. The van der Waals surface area contributed by atoms with E-state index < -0.39 is 0 Å². The van der Waals surface area contributed by atoms with Crippen LogP contribution >= 0.6 is 27.5 Å². The van der Waals surface area contributed by atoms with Gasteiger partial charge in [0, 0.05) is 15.9 Å². The van der Waals surface area contributed by atoms with Crippen LogP contribution in [0.1, 0.15) is 39.0 Å². The summed E-state index contributed by atoms with van der Waals surface area (Å²) in [5, 5.41) is 3.54. The number of halogens is 2. The van der Waals surface area contributed by atoms with E-state index in [1.165, 1.54) is 0 Å². The minimum absolute atomic E-state index is 0.0335. The third-order valence-electron chi connectivity index (χ3n) is 3.26. The summed E-state index contributed by atoms with van der Waals surface area (Å²) in [6.45, 7) is 2.85. The molecule has 20 heavy (non-hydrogen) atoms. The molecular formula is C15H22BrClN2O. The lowest BCUT2D eigenvalue weighted by molar-refractivity contribution is -0.116. The maximum absolute atomic E-state index is 12.0. The number of carbonyl (C=O) groups is 1. The van der Waals surface area contributed by atoms with E-state index in [1.54, 1.807) is 18.2 Å². The zero-order chi connectivity index (χ0) is 15.0. The van der Waals surface area contributed by atoms with Crippen LogP contribution in [0.25, 0.3) is 0 Å². The molecule has 0 aliphatic rings. The van der Waals surface area contributed by atoms with Crippen molar-refractivity contribution in [2.75, 3.05) is 11.9 Å². The first kappa shape index (κ1) is 17.5. The van der Waals surface area contributed by atoms with E-state index in [-0.39, 0.29) is 5.91 Å². The number of hydrogen-bond acceptors (Lipinski definition) is 2. The quantitative estimate of drug-likeness (QED) is 0.711. The molecule has 1 amide bonds. The van der Waals surface area contributed by atoms with Gasteiger partial charge in [-0.1, -0.05) is 31.4 Å². The van der Waals surface area contributed by atoms with E-state index in [0.29, 0.717) is 23.9 Å². The molecule has 1 rings (SSSR count). The highest BCUT2D eigenvalue weighted by atomic mass is 79.9. The van der Waals surface area contributed by atoms with E-state index in [0.717, 1.165) is 35.8 Å². The summed E-state index contributed by atoms with van der Waals surface area (Å²) in [6, 6.07) is 5.33. The molecular weight excluding hydrogens is 340 g/mol. The summed E-state index contributed by atoms with van der Waals surface area (Å²) < 4.78 is 0.797. The summed E-state index contributed by atoms with van der Waals surface area (Å²) in [5.41, 5.74) is 6.36. The molecule has 3 N–H and O–H groups in total. The second-order valence-electron chi connectivity index (χ2n) is 4.94. The number of anilines is 1. The second kappa shape index (κ2) is 9.37. The first-order valence-electron chi connectivity index (χ1n) is 7.01. The van der Waals surface area contributed by atoms with Gasteiger partial charge >= 0.3 is 0 Å². The number of benzene rings is 1. The number of nitrogens with one attached hydrogen (secondary N) is 1. The van der Waals surface area contributed by atoms with Crippen LogP contribution in [0.2, 0.25) is 5.02 Å². The maximum atomic E-state index is 12.0. The van der Waals surface area contributed by atoms with Gasteiger partial charge in [0.05, 0.1) is 5.69 Å². The van der Waals surface area contributed by atoms with Crippen LogP contribution in [0.3, 0.4) is 0 Å². The topological polar surface area (TPSA) is 55.1 Å². The van der Waals surface area contributed by atoms with Crippen molar-refractivity contribution < 1.29 is 4.79 Å². The van der Waals surface area contributed by atoms with Gasteiger partial charge in [-0.2, -0.15) is 0 Å². The number of amides is 1. The first-order chi connectivity index (χ1) is 9.56. The Morgan fingerprint density at radius 2 is 2.15 bits per heavy atom. The minimum atomic E-state index is 0.0335. The second-order valence-corrected chi connectivity index (χ2v) is 6.23. The van der Waals surface area contributed by atoms with Crippen molar-refractivity contribution in [1.29, 1.82) is 0 Å². The van der Waals surface area contributed by atoms with Crippen LogP contribution in [-0.4, -0.2) is 12.5 Å². The highest BCUT2D eigenvalue weighted by Crippen LogP contribution is 2.26. The molecule has 112 valence electrons. The molecule has 0 spiro atoms. The normalized spacial score (nSPS) is 12.2. The van der Waals surface area contributed by atoms with E-state index >= 15 is 0 Å². The van der Waals surface area contributed by atoms with Crippen molar-refractivity contribution >= 4 is 39.1 Å². The smallest absolute Gasteiger partial charge is 0.224 e. The van der Waals surface area contributed by atoms with Crippen LogP contribution in [0.15, 0.2) is 22.7 Å². The van der Waals surface area contributed by atoms with Gasteiger partial charge in [-0.25, -0.2) is 0 Å². The molecule has 1 unspecified atom stereocenters. The average molecular weight is 362 g/mol.